The summed E-state index contributed by atoms with van der Waals surface area (Å²) in [5.74, 6) is 0.794. The Hall–Kier alpha value is -2.96. The van der Waals surface area contributed by atoms with Gasteiger partial charge in [-0.05, 0) is 18.9 Å². The van der Waals surface area contributed by atoms with Gasteiger partial charge in [0.05, 0.1) is 17.8 Å². The van der Waals surface area contributed by atoms with Gasteiger partial charge in [-0.2, -0.15) is 10.1 Å². The number of aryl methyl sites for hydroxylation is 2. The van der Waals surface area contributed by atoms with E-state index in [2.05, 4.69) is 27.5 Å². The van der Waals surface area contributed by atoms with E-state index in [1.54, 1.807) is 10.9 Å². The summed E-state index contributed by atoms with van der Waals surface area (Å²) in [6.45, 7) is 4.88. The van der Waals surface area contributed by atoms with E-state index in [9.17, 15) is 4.79 Å². The van der Waals surface area contributed by atoms with Crippen LogP contribution < -0.4 is 5.32 Å². The molecule has 25 heavy (non-hydrogen) atoms. The highest BCUT2D eigenvalue weighted by atomic mass is 16.5. The number of amides is 1. The number of carbonyl (C=O) groups excluding carboxylic acids is 1. The van der Waals surface area contributed by atoms with Crippen molar-refractivity contribution in [3.63, 3.8) is 0 Å². The molecule has 3 rings (SSSR count). The third-order valence-electron chi connectivity index (χ3n) is 3.76. The van der Waals surface area contributed by atoms with E-state index in [0.717, 1.165) is 18.5 Å². The summed E-state index contributed by atoms with van der Waals surface area (Å²) in [6.07, 6.45) is 3.33. The third-order valence-corrected chi connectivity index (χ3v) is 3.76. The Bertz CT molecular complexity index is 838. The molecule has 0 saturated heterocycles. The Labute approximate surface area is 146 Å². The van der Waals surface area contributed by atoms with Crippen molar-refractivity contribution in [1.29, 1.82) is 0 Å². The fraction of sp³-hybridized carbons (Fsp3) is 0.333. The molecule has 0 unspecified atom stereocenters. The number of nitrogens with zero attached hydrogens (tertiary/aromatic N) is 4. The predicted octanol–water partition coefficient (Wildman–Crippen LogP) is 2.51. The Morgan fingerprint density at radius 3 is 2.84 bits per heavy atom. The normalized spacial score (nSPS) is 10.8. The van der Waals surface area contributed by atoms with Crippen molar-refractivity contribution in [2.24, 2.45) is 0 Å². The lowest BCUT2D eigenvalue weighted by atomic mass is 10.1. The van der Waals surface area contributed by atoms with Gasteiger partial charge in [-0.3, -0.25) is 9.48 Å². The molecule has 1 amide bonds. The highest BCUT2D eigenvalue weighted by Crippen LogP contribution is 2.08. The molecule has 7 nitrogen and oxygen atoms in total. The highest BCUT2D eigenvalue weighted by molar-refractivity contribution is 5.94. The molecule has 1 N–H and O–H groups in total. The molecule has 0 aliphatic carbocycles. The smallest absolute Gasteiger partial charge is 0.255 e. The second-order valence-corrected chi connectivity index (χ2v) is 5.84. The van der Waals surface area contributed by atoms with Crippen LogP contribution in [0.5, 0.6) is 0 Å². The maximum absolute atomic E-state index is 12.3. The zero-order valence-electron chi connectivity index (χ0n) is 14.4. The summed E-state index contributed by atoms with van der Waals surface area (Å²) >= 11 is 0. The van der Waals surface area contributed by atoms with Crippen LogP contribution >= 0.6 is 0 Å². The second-order valence-electron chi connectivity index (χ2n) is 5.84. The lowest BCUT2D eigenvalue weighted by molar-refractivity contribution is 0.0945. The summed E-state index contributed by atoms with van der Waals surface area (Å²) < 4.78 is 6.99. The summed E-state index contributed by atoms with van der Waals surface area (Å²) in [6, 6.07) is 9.92. The SMILES string of the molecule is CCCn1cc(C(=O)NCc2nc(Cc3ccccc3)no2)c(C)n1. The molecule has 0 spiro atoms. The quantitative estimate of drug-likeness (QED) is 0.715. The summed E-state index contributed by atoms with van der Waals surface area (Å²) in [4.78, 5) is 16.6. The van der Waals surface area contributed by atoms with Crippen molar-refractivity contribution in [2.75, 3.05) is 0 Å². The molecule has 0 radical (unpaired) electrons. The number of hydrogen-bond donors (Lipinski definition) is 1. The first-order valence-corrected chi connectivity index (χ1v) is 8.33. The predicted molar refractivity (Wildman–Crippen MR) is 92.0 cm³/mol. The summed E-state index contributed by atoms with van der Waals surface area (Å²) in [7, 11) is 0. The maximum Gasteiger partial charge on any atom is 0.255 e. The molecule has 1 aromatic carbocycles. The zero-order valence-corrected chi connectivity index (χ0v) is 14.4. The van der Waals surface area contributed by atoms with E-state index in [4.69, 9.17) is 4.52 Å². The van der Waals surface area contributed by atoms with Crippen LogP contribution in [0.4, 0.5) is 0 Å². The molecule has 0 fully saturated rings. The first-order chi connectivity index (χ1) is 12.2. The molecule has 0 atom stereocenters. The number of benzene rings is 1. The molecule has 7 heteroatoms. The van der Waals surface area contributed by atoms with Crippen LogP contribution in [-0.4, -0.2) is 25.8 Å². The lowest BCUT2D eigenvalue weighted by Crippen LogP contribution is -2.23. The van der Waals surface area contributed by atoms with Crippen molar-refractivity contribution in [1.82, 2.24) is 25.2 Å². The zero-order chi connectivity index (χ0) is 17.6. The molecule has 0 aliphatic rings. The van der Waals surface area contributed by atoms with Gasteiger partial charge in [0.25, 0.3) is 5.91 Å². The second kappa shape index (κ2) is 7.74. The van der Waals surface area contributed by atoms with Crippen molar-refractivity contribution in [3.05, 3.63) is 65.1 Å². The minimum Gasteiger partial charge on any atom is -0.343 e. The summed E-state index contributed by atoms with van der Waals surface area (Å²) in [5, 5.41) is 11.1. The van der Waals surface area contributed by atoms with E-state index in [0.29, 0.717) is 29.4 Å². The Morgan fingerprint density at radius 2 is 2.08 bits per heavy atom. The summed E-state index contributed by atoms with van der Waals surface area (Å²) in [5.41, 5.74) is 2.39. The molecule has 130 valence electrons. The van der Waals surface area contributed by atoms with Crippen LogP contribution in [0.3, 0.4) is 0 Å². The third kappa shape index (κ3) is 4.32. The van der Waals surface area contributed by atoms with Gasteiger partial charge in [0.15, 0.2) is 5.82 Å². The van der Waals surface area contributed by atoms with E-state index >= 15 is 0 Å². The van der Waals surface area contributed by atoms with Gasteiger partial charge in [0, 0.05) is 19.2 Å². The molecule has 3 aromatic rings. The highest BCUT2D eigenvalue weighted by Gasteiger charge is 2.14. The number of carbonyl (C=O) groups is 1. The largest absolute Gasteiger partial charge is 0.343 e. The number of hydrogen-bond acceptors (Lipinski definition) is 5. The van der Waals surface area contributed by atoms with Crippen LogP contribution in [-0.2, 0) is 19.5 Å². The van der Waals surface area contributed by atoms with Crippen molar-refractivity contribution >= 4 is 5.91 Å². The van der Waals surface area contributed by atoms with E-state index < -0.39 is 0 Å². The van der Waals surface area contributed by atoms with E-state index in [1.807, 2.05) is 37.3 Å². The minimum absolute atomic E-state index is 0.192. The topological polar surface area (TPSA) is 85.8 Å². The van der Waals surface area contributed by atoms with Crippen LogP contribution in [0, 0.1) is 6.92 Å². The van der Waals surface area contributed by atoms with Gasteiger partial charge in [0.1, 0.15) is 0 Å². The van der Waals surface area contributed by atoms with Crippen LogP contribution in [0.25, 0.3) is 0 Å². The Kier molecular flexibility index (Phi) is 5.23. The molecule has 0 bridgehead atoms. The first kappa shape index (κ1) is 16.9. The Morgan fingerprint density at radius 1 is 1.28 bits per heavy atom. The fourth-order valence-corrected chi connectivity index (χ4v) is 2.55. The monoisotopic (exact) mass is 339 g/mol. The van der Waals surface area contributed by atoms with Gasteiger partial charge >= 0.3 is 0 Å². The van der Waals surface area contributed by atoms with Crippen molar-refractivity contribution < 1.29 is 9.32 Å². The average Bonchev–Trinajstić information content (AvgIpc) is 3.20. The number of nitrogens with one attached hydrogen (secondary N) is 1. The van der Waals surface area contributed by atoms with Crippen LogP contribution in [0.15, 0.2) is 41.1 Å². The van der Waals surface area contributed by atoms with Gasteiger partial charge < -0.3 is 9.84 Å². The molecule has 0 aliphatic heterocycles. The van der Waals surface area contributed by atoms with Crippen LogP contribution in [0.1, 0.15) is 46.7 Å². The average molecular weight is 339 g/mol. The molecular weight excluding hydrogens is 318 g/mol. The van der Waals surface area contributed by atoms with Gasteiger partial charge in [-0.1, -0.05) is 42.4 Å². The molecule has 2 aromatic heterocycles. The van der Waals surface area contributed by atoms with E-state index in [1.165, 1.54) is 0 Å². The minimum atomic E-state index is -0.192. The van der Waals surface area contributed by atoms with Crippen molar-refractivity contribution in [3.8, 4) is 0 Å². The van der Waals surface area contributed by atoms with E-state index in [-0.39, 0.29) is 12.5 Å². The lowest BCUT2D eigenvalue weighted by Gasteiger charge is -2.00. The number of aromatic nitrogens is 4. The Balaban J connectivity index is 1.57. The fourth-order valence-electron chi connectivity index (χ4n) is 2.55. The standard InChI is InChI=1S/C18H21N5O2/c1-3-9-23-12-15(13(2)21-23)18(24)19-11-17-20-16(22-25-17)10-14-7-5-4-6-8-14/h4-8,12H,3,9-11H2,1-2H3,(H,19,24). The van der Waals surface area contributed by atoms with Gasteiger partial charge in [-0.25, -0.2) is 0 Å². The maximum atomic E-state index is 12.3. The van der Waals surface area contributed by atoms with Crippen LogP contribution in [0.2, 0.25) is 0 Å². The van der Waals surface area contributed by atoms with Gasteiger partial charge in [0.2, 0.25) is 5.89 Å². The molecule has 0 saturated carbocycles. The number of rotatable bonds is 7. The van der Waals surface area contributed by atoms with Crippen molar-refractivity contribution in [2.45, 2.75) is 39.8 Å². The molecular formula is C18H21N5O2. The van der Waals surface area contributed by atoms with Gasteiger partial charge in [-0.15, -0.1) is 0 Å². The first-order valence-electron chi connectivity index (χ1n) is 8.33. The molecule has 2 heterocycles.